The van der Waals surface area contributed by atoms with E-state index >= 15 is 0 Å². The van der Waals surface area contributed by atoms with E-state index in [1.54, 1.807) is 0 Å². The molecule has 0 aliphatic carbocycles. The number of nitrogens with one attached hydrogen (secondary N) is 1. The summed E-state index contributed by atoms with van der Waals surface area (Å²) >= 11 is 0. The van der Waals surface area contributed by atoms with Crippen LogP contribution in [0.3, 0.4) is 0 Å². The molecule has 0 unspecified atom stereocenters. The molecule has 0 saturated heterocycles. The Bertz CT molecular complexity index is 486. The van der Waals surface area contributed by atoms with Gasteiger partial charge in [0.1, 0.15) is 0 Å². The smallest absolute Gasteiger partial charge is 0.0208 e. The lowest BCUT2D eigenvalue weighted by Crippen LogP contribution is -2.12. The topological polar surface area (TPSA) is 12.0 Å². The second-order valence-corrected chi connectivity index (χ2v) is 4.37. The summed E-state index contributed by atoms with van der Waals surface area (Å²) in [5, 5.41) is 3.43. The number of rotatable bonds is 5. The van der Waals surface area contributed by atoms with Crippen LogP contribution >= 0.6 is 0 Å². The van der Waals surface area contributed by atoms with Crippen molar-refractivity contribution in [1.82, 2.24) is 5.32 Å². The van der Waals surface area contributed by atoms with Gasteiger partial charge in [-0.2, -0.15) is 0 Å². The van der Waals surface area contributed by atoms with Crippen LogP contribution in [0.15, 0.2) is 66.7 Å². The van der Waals surface area contributed by atoms with Crippen molar-refractivity contribution in [2.45, 2.75) is 13.5 Å². The number of hydrogen-bond donors (Lipinski definition) is 1. The average Bonchev–Trinajstić information content (AvgIpc) is 2.45. The van der Waals surface area contributed by atoms with Crippen molar-refractivity contribution in [3.63, 3.8) is 0 Å². The third-order valence-corrected chi connectivity index (χ3v) is 2.95. The van der Waals surface area contributed by atoms with Gasteiger partial charge in [0.25, 0.3) is 0 Å². The lowest BCUT2D eigenvalue weighted by Gasteiger charge is -2.04. The summed E-state index contributed by atoms with van der Waals surface area (Å²) in [6.45, 7) is 3.97. The van der Waals surface area contributed by atoms with Gasteiger partial charge in [-0.1, -0.05) is 66.7 Å². The van der Waals surface area contributed by atoms with Crippen LogP contribution < -0.4 is 5.32 Å². The fraction of sp³-hybridized carbons (Fsp3) is 0.176. The van der Waals surface area contributed by atoms with E-state index in [-0.39, 0.29) is 0 Å². The Morgan fingerprint density at radius 2 is 1.56 bits per heavy atom. The van der Waals surface area contributed by atoms with E-state index < -0.39 is 0 Å². The first-order valence-electron chi connectivity index (χ1n) is 6.33. The largest absolute Gasteiger partial charge is 0.309 e. The van der Waals surface area contributed by atoms with Crippen molar-refractivity contribution >= 4 is 5.57 Å². The van der Waals surface area contributed by atoms with E-state index in [4.69, 9.17) is 0 Å². The first-order chi connectivity index (χ1) is 8.86. The van der Waals surface area contributed by atoms with Crippen LogP contribution in [0.5, 0.6) is 0 Å². The molecule has 2 aromatic carbocycles. The third kappa shape index (κ3) is 3.86. The third-order valence-electron chi connectivity index (χ3n) is 2.95. The molecule has 0 aliphatic heterocycles. The zero-order chi connectivity index (χ0) is 12.6. The summed E-state index contributed by atoms with van der Waals surface area (Å²) in [6.07, 6.45) is 2.23. The lowest BCUT2D eigenvalue weighted by molar-refractivity contribution is 0.760. The van der Waals surface area contributed by atoms with E-state index in [2.05, 4.69) is 66.8 Å². The van der Waals surface area contributed by atoms with Gasteiger partial charge in [0, 0.05) is 13.1 Å². The summed E-state index contributed by atoms with van der Waals surface area (Å²) in [6, 6.07) is 20.9. The Morgan fingerprint density at radius 1 is 0.944 bits per heavy atom. The molecule has 18 heavy (non-hydrogen) atoms. The quantitative estimate of drug-likeness (QED) is 0.778. The van der Waals surface area contributed by atoms with E-state index in [0.29, 0.717) is 0 Å². The molecular weight excluding hydrogens is 218 g/mol. The van der Waals surface area contributed by atoms with Crippen LogP contribution in [0, 0.1) is 0 Å². The fourth-order valence-electron chi connectivity index (χ4n) is 1.86. The Hall–Kier alpha value is -1.86. The van der Waals surface area contributed by atoms with Gasteiger partial charge in [0.2, 0.25) is 0 Å². The fourth-order valence-corrected chi connectivity index (χ4v) is 1.86. The highest BCUT2D eigenvalue weighted by atomic mass is 14.8. The first kappa shape index (κ1) is 12.6. The first-order valence-corrected chi connectivity index (χ1v) is 6.33. The van der Waals surface area contributed by atoms with E-state index in [0.717, 1.165) is 13.1 Å². The minimum Gasteiger partial charge on any atom is -0.309 e. The SMILES string of the molecule is C/C(=C\CNCc1ccccc1)c1ccccc1. The summed E-state index contributed by atoms with van der Waals surface area (Å²) in [5.74, 6) is 0. The van der Waals surface area contributed by atoms with Crippen molar-refractivity contribution in [3.05, 3.63) is 77.9 Å². The zero-order valence-electron chi connectivity index (χ0n) is 10.8. The molecular formula is C17H19N. The van der Waals surface area contributed by atoms with Gasteiger partial charge in [0.05, 0.1) is 0 Å². The van der Waals surface area contributed by atoms with Crippen LogP contribution in [0.2, 0.25) is 0 Å². The predicted octanol–water partition coefficient (Wildman–Crippen LogP) is 3.88. The molecule has 0 heterocycles. The summed E-state index contributed by atoms with van der Waals surface area (Å²) in [5.41, 5.74) is 3.93. The predicted molar refractivity (Wildman–Crippen MR) is 78.2 cm³/mol. The van der Waals surface area contributed by atoms with Gasteiger partial charge < -0.3 is 5.32 Å². The van der Waals surface area contributed by atoms with Gasteiger partial charge in [-0.15, -0.1) is 0 Å². The lowest BCUT2D eigenvalue weighted by atomic mass is 10.1. The highest BCUT2D eigenvalue weighted by Gasteiger charge is 1.93. The highest BCUT2D eigenvalue weighted by Crippen LogP contribution is 2.11. The molecule has 0 saturated carbocycles. The van der Waals surface area contributed by atoms with Gasteiger partial charge in [0.15, 0.2) is 0 Å². The van der Waals surface area contributed by atoms with Crippen LogP contribution in [0.4, 0.5) is 0 Å². The van der Waals surface area contributed by atoms with E-state index in [1.807, 2.05) is 12.1 Å². The van der Waals surface area contributed by atoms with Crippen molar-refractivity contribution in [2.24, 2.45) is 0 Å². The van der Waals surface area contributed by atoms with Crippen molar-refractivity contribution in [2.75, 3.05) is 6.54 Å². The van der Waals surface area contributed by atoms with E-state index in [1.165, 1.54) is 16.7 Å². The summed E-state index contributed by atoms with van der Waals surface area (Å²) < 4.78 is 0. The average molecular weight is 237 g/mol. The standard InChI is InChI=1S/C17H19N/c1-15(17-10-6-3-7-11-17)12-13-18-14-16-8-4-2-5-9-16/h2-12,18H,13-14H2,1H3/b15-12+. The molecule has 0 fully saturated rings. The molecule has 0 spiro atoms. The second kappa shape index (κ2) is 6.77. The van der Waals surface area contributed by atoms with Crippen molar-refractivity contribution in [1.29, 1.82) is 0 Å². The van der Waals surface area contributed by atoms with Crippen LogP contribution in [0.1, 0.15) is 18.1 Å². The highest BCUT2D eigenvalue weighted by molar-refractivity contribution is 5.63. The Balaban J connectivity index is 1.81. The molecule has 1 nitrogen and oxygen atoms in total. The Kier molecular flexibility index (Phi) is 4.74. The minimum absolute atomic E-state index is 0.898. The van der Waals surface area contributed by atoms with Crippen LogP contribution in [-0.2, 0) is 6.54 Å². The monoisotopic (exact) mass is 237 g/mol. The minimum atomic E-state index is 0.898. The zero-order valence-corrected chi connectivity index (χ0v) is 10.8. The maximum Gasteiger partial charge on any atom is 0.0208 e. The van der Waals surface area contributed by atoms with Gasteiger partial charge >= 0.3 is 0 Å². The summed E-state index contributed by atoms with van der Waals surface area (Å²) in [7, 11) is 0. The molecule has 2 aromatic rings. The van der Waals surface area contributed by atoms with Crippen LogP contribution in [-0.4, -0.2) is 6.54 Å². The Labute approximate surface area is 109 Å². The number of allylic oxidation sites excluding steroid dienone is 1. The second-order valence-electron chi connectivity index (χ2n) is 4.37. The molecule has 1 N–H and O–H groups in total. The van der Waals surface area contributed by atoms with Crippen molar-refractivity contribution in [3.8, 4) is 0 Å². The Morgan fingerprint density at radius 3 is 2.22 bits per heavy atom. The van der Waals surface area contributed by atoms with E-state index in [9.17, 15) is 0 Å². The maximum atomic E-state index is 3.43. The molecule has 1 heteroatoms. The molecule has 0 radical (unpaired) electrons. The number of benzene rings is 2. The number of hydrogen-bond acceptors (Lipinski definition) is 1. The molecule has 0 amide bonds. The van der Waals surface area contributed by atoms with Crippen LogP contribution in [0.25, 0.3) is 5.57 Å². The van der Waals surface area contributed by atoms with Gasteiger partial charge in [-0.05, 0) is 23.6 Å². The van der Waals surface area contributed by atoms with Crippen molar-refractivity contribution < 1.29 is 0 Å². The normalized spacial score (nSPS) is 11.5. The molecule has 92 valence electrons. The molecule has 2 rings (SSSR count). The molecule has 0 aliphatic rings. The van der Waals surface area contributed by atoms with Gasteiger partial charge in [-0.25, -0.2) is 0 Å². The maximum absolute atomic E-state index is 3.43. The molecule has 0 aromatic heterocycles. The molecule has 0 bridgehead atoms. The molecule has 0 atom stereocenters. The van der Waals surface area contributed by atoms with Gasteiger partial charge in [-0.3, -0.25) is 0 Å². The summed E-state index contributed by atoms with van der Waals surface area (Å²) in [4.78, 5) is 0.